The summed E-state index contributed by atoms with van der Waals surface area (Å²) in [6.07, 6.45) is 3.35. The van der Waals surface area contributed by atoms with Crippen molar-refractivity contribution in [3.8, 4) is 11.5 Å². The molecule has 0 spiro atoms. The third-order valence-corrected chi connectivity index (χ3v) is 3.38. The number of amides is 1. The van der Waals surface area contributed by atoms with Crippen LogP contribution in [0.4, 0.5) is 0 Å². The summed E-state index contributed by atoms with van der Waals surface area (Å²) in [5.74, 6) is 1.45. The van der Waals surface area contributed by atoms with Crippen LogP contribution >= 0.6 is 0 Å². The minimum absolute atomic E-state index is 0.0735. The van der Waals surface area contributed by atoms with E-state index in [0.29, 0.717) is 17.1 Å². The summed E-state index contributed by atoms with van der Waals surface area (Å²) < 4.78 is 5.66. The Morgan fingerprint density at radius 1 is 1.10 bits per heavy atom. The zero-order chi connectivity index (χ0) is 14.5. The SMILES string of the molecule is O=C(c1ccc(Oc2cccnc2)cc1)N1CCNCC1. The van der Waals surface area contributed by atoms with E-state index >= 15 is 0 Å². The highest BCUT2D eigenvalue weighted by molar-refractivity contribution is 5.94. The number of rotatable bonds is 3. The van der Waals surface area contributed by atoms with E-state index in [-0.39, 0.29) is 5.91 Å². The van der Waals surface area contributed by atoms with Gasteiger partial charge in [0.15, 0.2) is 0 Å². The summed E-state index contributed by atoms with van der Waals surface area (Å²) in [6.45, 7) is 3.22. The van der Waals surface area contributed by atoms with Crippen LogP contribution in [0.1, 0.15) is 10.4 Å². The predicted octanol–water partition coefficient (Wildman–Crippen LogP) is 1.92. The summed E-state index contributed by atoms with van der Waals surface area (Å²) >= 11 is 0. The first-order valence-electron chi connectivity index (χ1n) is 7.01. The molecule has 1 aliphatic rings. The van der Waals surface area contributed by atoms with Crippen molar-refractivity contribution in [1.82, 2.24) is 15.2 Å². The third-order valence-electron chi connectivity index (χ3n) is 3.38. The summed E-state index contributed by atoms with van der Waals surface area (Å²) in [4.78, 5) is 18.2. The second kappa shape index (κ2) is 6.37. The molecular formula is C16H17N3O2. The second-order valence-corrected chi connectivity index (χ2v) is 4.86. The summed E-state index contributed by atoms with van der Waals surface area (Å²) in [7, 11) is 0. The molecule has 21 heavy (non-hydrogen) atoms. The lowest BCUT2D eigenvalue weighted by Gasteiger charge is -2.27. The monoisotopic (exact) mass is 283 g/mol. The average Bonchev–Trinajstić information content (AvgIpc) is 2.57. The maximum atomic E-state index is 12.3. The molecule has 1 aromatic carbocycles. The molecule has 1 fully saturated rings. The minimum atomic E-state index is 0.0735. The Morgan fingerprint density at radius 3 is 2.52 bits per heavy atom. The van der Waals surface area contributed by atoms with Crippen LogP contribution in [-0.4, -0.2) is 42.0 Å². The van der Waals surface area contributed by atoms with Gasteiger partial charge in [0.25, 0.3) is 5.91 Å². The highest BCUT2D eigenvalue weighted by Crippen LogP contribution is 2.21. The molecule has 0 radical (unpaired) electrons. The van der Waals surface area contributed by atoms with Gasteiger partial charge in [-0.1, -0.05) is 0 Å². The van der Waals surface area contributed by atoms with Crippen LogP contribution in [0.3, 0.4) is 0 Å². The maximum Gasteiger partial charge on any atom is 0.253 e. The highest BCUT2D eigenvalue weighted by Gasteiger charge is 2.17. The maximum absolute atomic E-state index is 12.3. The smallest absolute Gasteiger partial charge is 0.253 e. The molecule has 2 heterocycles. The predicted molar refractivity (Wildman–Crippen MR) is 79.5 cm³/mol. The molecule has 0 atom stereocenters. The van der Waals surface area contributed by atoms with Crippen molar-refractivity contribution in [2.24, 2.45) is 0 Å². The van der Waals surface area contributed by atoms with E-state index in [4.69, 9.17) is 4.74 Å². The number of carbonyl (C=O) groups is 1. The summed E-state index contributed by atoms with van der Waals surface area (Å²) in [5, 5.41) is 3.24. The summed E-state index contributed by atoms with van der Waals surface area (Å²) in [5.41, 5.74) is 0.690. The Bertz CT molecular complexity index is 593. The molecule has 0 unspecified atom stereocenters. The Kier molecular flexibility index (Phi) is 4.12. The number of ether oxygens (including phenoxy) is 1. The quantitative estimate of drug-likeness (QED) is 0.935. The van der Waals surface area contributed by atoms with Crippen molar-refractivity contribution >= 4 is 5.91 Å². The van der Waals surface area contributed by atoms with Gasteiger partial charge in [-0.05, 0) is 36.4 Å². The van der Waals surface area contributed by atoms with Gasteiger partial charge in [0, 0.05) is 37.9 Å². The number of benzene rings is 1. The molecule has 2 aromatic rings. The van der Waals surface area contributed by atoms with Gasteiger partial charge in [0.05, 0.1) is 6.20 Å². The molecule has 1 aromatic heterocycles. The molecule has 1 saturated heterocycles. The second-order valence-electron chi connectivity index (χ2n) is 4.86. The fourth-order valence-corrected chi connectivity index (χ4v) is 2.26. The van der Waals surface area contributed by atoms with E-state index in [2.05, 4.69) is 10.3 Å². The lowest BCUT2D eigenvalue weighted by molar-refractivity contribution is 0.0736. The van der Waals surface area contributed by atoms with Crippen molar-refractivity contribution in [2.45, 2.75) is 0 Å². The Hall–Kier alpha value is -2.40. The van der Waals surface area contributed by atoms with Crippen LogP contribution in [0.5, 0.6) is 11.5 Å². The molecule has 5 nitrogen and oxygen atoms in total. The van der Waals surface area contributed by atoms with Gasteiger partial charge in [-0.2, -0.15) is 0 Å². The number of pyridine rings is 1. The lowest BCUT2D eigenvalue weighted by Crippen LogP contribution is -2.46. The summed E-state index contributed by atoms with van der Waals surface area (Å²) in [6, 6.07) is 10.9. The molecule has 1 amide bonds. The van der Waals surface area contributed by atoms with Crippen LogP contribution in [0.15, 0.2) is 48.8 Å². The standard InChI is InChI=1S/C16H17N3O2/c20-16(19-10-8-17-9-11-19)13-3-5-14(6-4-13)21-15-2-1-7-18-12-15/h1-7,12,17H,8-11H2. The van der Waals surface area contributed by atoms with Gasteiger partial charge >= 0.3 is 0 Å². The number of hydrogen-bond acceptors (Lipinski definition) is 4. The Labute approximate surface area is 123 Å². The molecule has 3 rings (SSSR count). The molecular weight excluding hydrogens is 266 g/mol. The zero-order valence-electron chi connectivity index (χ0n) is 11.7. The van der Waals surface area contributed by atoms with Crippen molar-refractivity contribution < 1.29 is 9.53 Å². The lowest BCUT2D eigenvalue weighted by atomic mass is 10.2. The molecule has 5 heteroatoms. The Balaban J connectivity index is 1.67. The van der Waals surface area contributed by atoms with E-state index in [0.717, 1.165) is 26.2 Å². The molecule has 1 aliphatic heterocycles. The molecule has 108 valence electrons. The number of hydrogen-bond donors (Lipinski definition) is 1. The van der Waals surface area contributed by atoms with Gasteiger partial charge in [-0.25, -0.2) is 0 Å². The van der Waals surface area contributed by atoms with Crippen LogP contribution in [0, 0.1) is 0 Å². The molecule has 0 saturated carbocycles. The number of nitrogens with one attached hydrogen (secondary N) is 1. The fraction of sp³-hybridized carbons (Fsp3) is 0.250. The molecule has 0 bridgehead atoms. The third kappa shape index (κ3) is 3.38. The fourth-order valence-electron chi connectivity index (χ4n) is 2.26. The number of carbonyl (C=O) groups excluding carboxylic acids is 1. The van der Waals surface area contributed by atoms with E-state index in [1.807, 2.05) is 29.2 Å². The Morgan fingerprint density at radius 2 is 1.86 bits per heavy atom. The normalized spacial score (nSPS) is 14.8. The first-order chi connectivity index (χ1) is 10.3. The van der Waals surface area contributed by atoms with E-state index < -0.39 is 0 Å². The van der Waals surface area contributed by atoms with E-state index in [1.54, 1.807) is 24.5 Å². The van der Waals surface area contributed by atoms with Crippen LogP contribution in [-0.2, 0) is 0 Å². The largest absolute Gasteiger partial charge is 0.456 e. The van der Waals surface area contributed by atoms with Crippen molar-refractivity contribution in [1.29, 1.82) is 0 Å². The van der Waals surface area contributed by atoms with Gasteiger partial charge in [0.2, 0.25) is 0 Å². The molecule has 0 aliphatic carbocycles. The number of nitrogens with zero attached hydrogens (tertiary/aromatic N) is 2. The van der Waals surface area contributed by atoms with Crippen LogP contribution in [0.25, 0.3) is 0 Å². The first kappa shape index (κ1) is 13.6. The van der Waals surface area contributed by atoms with Crippen LogP contribution in [0.2, 0.25) is 0 Å². The van der Waals surface area contributed by atoms with E-state index in [9.17, 15) is 4.79 Å². The average molecular weight is 283 g/mol. The van der Waals surface area contributed by atoms with Gasteiger partial charge < -0.3 is 15.0 Å². The van der Waals surface area contributed by atoms with Gasteiger partial charge in [-0.15, -0.1) is 0 Å². The minimum Gasteiger partial charge on any atom is -0.456 e. The number of aromatic nitrogens is 1. The van der Waals surface area contributed by atoms with Crippen molar-refractivity contribution in [2.75, 3.05) is 26.2 Å². The van der Waals surface area contributed by atoms with Gasteiger partial charge in [-0.3, -0.25) is 9.78 Å². The van der Waals surface area contributed by atoms with E-state index in [1.165, 1.54) is 0 Å². The van der Waals surface area contributed by atoms with Crippen LogP contribution < -0.4 is 10.1 Å². The molecule has 1 N–H and O–H groups in total. The zero-order valence-corrected chi connectivity index (χ0v) is 11.7. The highest BCUT2D eigenvalue weighted by atomic mass is 16.5. The number of piperazine rings is 1. The van der Waals surface area contributed by atoms with Crippen molar-refractivity contribution in [3.05, 3.63) is 54.4 Å². The topological polar surface area (TPSA) is 54.5 Å². The van der Waals surface area contributed by atoms with Gasteiger partial charge in [0.1, 0.15) is 11.5 Å². The first-order valence-corrected chi connectivity index (χ1v) is 7.01. The van der Waals surface area contributed by atoms with Crippen molar-refractivity contribution in [3.63, 3.8) is 0 Å².